The van der Waals surface area contributed by atoms with E-state index in [-0.39, 0.29) is 0 Å². The number of halogens is 4. The molecule has 1 atom stereocenters. The second-order valence-corrected chi connectivity index (χ2v) is 6.07. The van der Waals surface area contributed by atoms with Gasteiger partial charge >= 0.3 is 0 Å². The number of aliphatic hydroxyl groups is 1. The third-order valence-corrected chi connectivity index (χ3v) is 4.94. The minimum Gasteiger partial charge on any atom is -0.384 e. The van der Waals surface area contributed by atoms with Crippen LogP contribution in [0.2, 0.25) is 15.1 Å². The fourth-order valence-corrected chi connectivity index (χ4v) is 2.53. The molecule has 0 bridgehead atoms. The molecule has 0 radical (unpaired) electrons. The summed E-state index contributed by atoms with van der Waals surface area (Å²) in [6, 6.07) is 10.6. The van der Waals surface area contributed by atoms with E-state index < -0.39 is 6.10 Å². The van der Waals surface area contributed by atoms with Crippen LogP contribution in [-0.2, 0) is 0 Å². The van der Waals surface area contributed by atoms with Crippen LogP contribution < -0.4 is 0 Å². The summed E-state index contributed by atoms with van der Waals surface area (Å²) in [7, 11) is 0. The van der Waals surface area contributed by atoms with Gasteiger partial charge in [-0.1, -0.05) is 53.0 Å². The number of benzene rings is 2. The summed E-state index contributed by atoms with van der Waals surface area (Å²) in [5, 5.41) is 11.7. The van der Waals surface area contributed by atoms with Crippen molar-refractivity contribution in [2.45, 2.75) is 6.10 Å². The van der Waals surface area contributed by atoms with Crippen molar-refractivity contribution in [1.29, 1.82) is 0 Å². The van der Waals surface area contributed by atoms with Crippen molar-refractivity contribution in [3.8, 4) is 0 Å². The van der Waals surface area contributed by atoms with E-state index in [1.807, 2.05) is 12.1 Å². The maximum Gasteiger partial charge on any atom is 0.106 e. The van der Waals surface area contributed by atoms with E-state index in [9.17, 15) is 5.11 Å². The van der Waals surface area contributed by atoms with E-state index in [1.165, 1.54) is 0 Å². The fraction of sp³-hybridized carbons (Fsp3) is 0.0769. The first-order valence-electron chi connectivity index (χ1n) is 5.07. The number of rotatable bonds is 2. The molecule has 0 aliphatic rings. The molecule has 2 aromatic carbocycles. The van der Waals surface area contributed by atoms with Crippen molar-refractivity contribution in [2.24, 2.45) is 0 Å². The molecule has 0 spiro atoms. The quantitative estimate of drug-likeness (QED) is 0.660. The molecule has 1 nitrogen and oxygen atoms in total. The summed E-state index contributed by atoms with van der Waals surface area (Å²) < 4.78 is 0.933. The Morgan fingerprint density at radius 3 is 2.39 bits per heavy atom. The zero-order valence-corrected chi connectivity index (χ0v) is 13.4. The largest absolute Gasteiger partial charge is 0.384 e. The normalized spacial score (nSPS) is 12.5. The van der Waals surface area contributed by atoms with Crippen molar-refractivity contribution in [3.05, 3.63) is 66.2 Å². The Labute approximate surface area is 134 Å². The molecule has 1 N–H and O–H groups in total. The molecule has 1 unspecified atom stereocenters. The van der Waals surface area contributed by atoms with Crippen LogP contribution in [0.5, 0.6) is 0 Å². The van der Waals surface area contributed by atoms with Crippen LogP contribution >= 0.6 is 57.4 Å². The van der Waals surface area contributed by atoms with Crippen LogP contribution in [0.3, 0.4) is 0 Å². The Kier molecular flexibility index (Phi) is 4.78. The van der Waals surface area contributed by atoms with Crippen LogP contribution in [0.25, 0.3) is 0 Å². The lowest BCUT2D eigenvalue weighted by Gasteiger charge is -2.14. The van der Waals surface area contributed by atoms with Crippen LogP contribution in [-0.4, -0.2) is 5.11 Å². The summed E-state index contributed by atoms with van der Waals surface area (Å²) in [6.45, 7) is 0. The molecule has 0 fully saturated rings. The van der Waals surface area contributed by atoms with Gasteiger partial charge in [-0.2, -0.15) is 0 Å². The van der Waals surface area contributed by atoms with E-state index in [0.29, 0.717) is 26.2 Å². The van der Waals surface area contributed by atoms with Crippen LogP contribution in [0.15, 0.2) is 36.4 Å². The SMILES string of the molecule is OC(c1ccc(I)c(Cl)c1)c1cccc(Cl)c1Cl. The molecule has 0 saturated carbocycles. The van der Waals surface area contributed by atoms with Gasteiger partial charge in [0.15, 0.2) is 0 Å². The molecule has 0 saturated heterocycles. The maximum atomic E-state index is 10.3. The summed E-state index contributed by atoms with van der Waals surface area (Å²) in [5.41, 5.74) is 1.26. The first-order chi connectivity index (χ1) is 8.50. The van der Waals surface area contributed by atoms with Crippen LogP contribution in [0, 0.1) is 3.57 Å². The second-order valence-electron chi connectivity index (χ2n) is 3.72. The Hall–Kier alpha value is -0.000000000000000167. The predicted octanol–water partition coefficient (Wildman–Crippen LogP) is 5.33. The third-order valence-electron chi connectivity index (χ3n) is 2.54. The van der Waals surface area contributed by atoms with E-state index in [2.05, 4.69) is 22.6 Å². The summed E-state index contributed by atoms with van der Waals surface area (Å²) in [4.78, 5) is 0. The molecule has 0 aromatic heterocycles. The smallest absolute Gasteiger partial charge is 0.106 e. The van der Waals surface area contributed by atoms with Crippen molar-refractivity contribution in [3.63, 3.8) is 0 Å². The Bertz CT molecular complexity index is 586. The van der Waals surface area contributed by atoms with Gasteiger partial charge in [0, 0.05) is 9.13 Å². The van der Waals surface area contributed by atoms with Crippen LogP contribution in [0.4, 0.5) is 0 Å². The summed E-state index contributed by atoms with van der Waals surface area (Å²) in [6.07, 6.45) is -0.842. The molecule has 0 heterocycles. The van der Waals surface area contributed by atoms with Crippen molar-refractivity contribution < 1.29 is 5.11 Å². The molecule has 0 aliphatic carbocycles. The van der Waals surface area contributed by atoms with Gasteiger partial charge in [0.25, 0.3) is 0 Å². The van der Waals surface area contributed by atoms with E-state index >= 15 is 0 Å². The highest BCUT2D eigenvalue weighted by atomic mass is 127. The van der Waals surface area contributed by atoms with Gasteiger partial charge in [-0.15, -0.1) is 0 Å². The van der Waals surface area contributed by atoms with Gasteiger partial charge < -0.3 is 5.11 Å². The Morgan fingerprint density at radius 1 is 1.00 bits per heavy atom. The minimum absolute atomic E-state index is 0.362. The Balaban J connectivity index is 2.44. The van der Waals surface area contributed by atoms with Gasteiger partial charge in [-0.05, 0) is 46.4 Å². The Morgan fingerprint density at radius 2 is 1.72 bits per heavy atom. The van der Waals surface area contributed by atoms with Gasteiger partial charge in [0.05, 0.1) is 15.1 Å². The third kappa shape index (κ3) is 2.94. The lowest BCUT2D eigenvalue weighted by atomic mass is 10.0. The van der Waals surface area contributed by atoms with Crippen molar-refractivity contribution >= 4 is 57.4 Å². The highest BCUT2D eigenvalue weighted by molar-refractivity contribution is 14.1. The average Bonchev–Trinajstić information content (AvgIpc) is 2.35. The van der Waals surface area contributed by atoms with E-state index in [0.717, 1.165) is 3.57 Å². The van der Waals surface area contributed by atoms with Crippen LogP contribution in [0.1, 0.15) is 17.2 Å². The molecular weight excluding hydrogens is 405 g/mol. The maximum absolute atomic E-state index is 10.3. The molecule has 94 valence electrons. The number of hydrogen-bond acceptors (Lipinski definition) is 1. The summed E-state index contributed by atoms with van der Waals surface area (Å²) in [5.74, 6) is 0. The highest BCUT2D eigenvalue weighted by Crippen LogP contribution is 2.34. The topological polar surface area (TPSA) is 20.2 Å². The van der Waals surface area contributed by atoms with E-state index in [1.54, 1.807) is 24.3 Å². The first kappa shape index (κ1) is 14.4. The van der Waals surface area contributed by atoms with Gasteiger partial charge in [0.1, 0.15) is 6.10 Å². The van der Waals surface area contributed by atoms with Crippen molar-refractivity contribution in [2.75, 3.05) is 0 Å². The first-order valence-corrected chi connectivity index (χ1v) is 7.29. The van der Waals surface area contributed by atoms with Gasteiger partial charge in [-0.3, -0.25) is 0 Å². The zero-order valence-electron chi connectivity index (χ0n) is 9.00. The lowest BCUT2D eigenvalue weighted by Crippen LogP contribution is -2.01. The van der Waals surface area contributed by atoms with Gasteiger partial charge in [-0.25, -0.2) is 0 Å². The summed E-state index contributed by atoms with van der Waals surface area (Å²) >= 11 is 20.2. The molecule has 18 heavy (non-hydrogen) atoms. The highest BCUT2D eigenvalue weighted by Gasteiger charge is 2.16. The minimum atomic E-state index is -0.842. The molecule has 0 amide bonds. The standard InChI is InChI=1S/C13H8Cl3IO/c14-9-3-1-2-8(12(9)16)13(18)7-4-5-11(17)10(15)6-7/h1-6,13,18H. The van der Waals surface area contributed by atoms with E-state index in [4.69, 9.17) is 34.8 Å². The fourth-order valence-electron chi connectivity index (χ4n) is 1.59. The molecule has 2 aromatic rings. The second kappa shape index (κ2) is 5.97. The average molecular weight is 413 g/mol. The molecule has 2 rings (SSSR count). The lowest BCUT2D eigenvalue weighted by molar-refractivity contribution is 0.220. The predicted molar refractivity (Wildman–Crippen MR) is 84.7 cm³/mol. The molecular formula is C13H8Cl3IO. The molecule has 0 aliphatic heterocycles. The number of aliphatic hydroxyl groups excluding tert-OH is 1. The van der Waals surface area contributed by atoms with Gasteiger partial charge in [0.2, 0.25) is 0 Å². The monoisotopic (exact) mass is 412 g/mol. The zero-order chi connectivity index (χ0) is 13.3. The van der Waals surface area contributed by atoms with Crippen molar-refractivity contribution in [1.82, 2.24) is 0 Å². The number of hydrogen-bond donors (Lipinski definition) is 1. The molecule has 5 heteroatoms.